The molecule has 188 valence electrons. The average molecular weight is 557 g/mol. The van der Waals surface area contributed by atoms with Crippen LogP contribution in [0.3, 0.4) is 0 Å². The van der Waals surface area contributed by atoms with Crippen LogP contribution in [0.2, 0.25) is 36.3 Å². The van der Waals surface area contributed by atoms with Gasteiger partial charge in [-0.3, -0.25) is 0 Å². The maximum atomic E-state index is 6.98. The minimum atomic E-state index is -1.81. The van der Waals surface area contributed by atoms with Gasteiger partial charge in [0.2, 0.25) is 0 Å². The summed E-state index contributed by atoms with van der Waals surface area (Å²) >= 11 is 8.70. The first-order valence-electron chi connectivity index (χ1n) is 12.4. The number of rotatable bonds is 8. The van der Waals surface area contributed by atoms with E-state index in [4.69, 9.17) is 4.43 Å². The van der Waals surface area contributed by atoms with E-state index in [9.17, 15) is 0 Å². The van der Waals surface area contributed by atoms with Crippen molar-refractivity contribution in [1.29, 1.82) is 0 Å². The second-order valence-electron chi connectivity index (χ2n) is 12.4. The summed E-state index contributed by atoms with van der Waals surface area (Å²) in [5.74, 6) is 5.20. The Bertz CT molecular complexity index is 617. The van der Waals surface area contributed by atoms with E-state index in [1.54, 1.807) is 4.58 Å². The fourth-order valence-corrected chi connectivity index (χ4v) is 17.4. The summed E-state index contributed by atoms with van der Waals surface area (Å²) in [6.07, 6.45) is 10.2. The molecule has 0 N–H and O–H groups in total. The van der Waals surface area contributed by atoms with Gasteiger partial charge in [0.1, 0.15) is 0 Å². The Morgan fingerprint density at radius 3 is 1.88 bits per heavy atom. The summed E-state index contributed by atoms with van der Waals surface area (Å²) in [4.78, 5) is 0. The van der Waals surface area contributed by atoms with Crippen LogP contribution in [-0.2, 0) is 4.43 Å². The molecule has 0 aromatic heterocycles. The van der Waals surface area contributed by atoms with Crippen LogP contribution in [0, 0.1) is 4.58 Å². The molecule has 2 aliphatic rings. The Morgan fingerprint density at radius 1 is 0.879 bits per heavy atom. The Hall–Kier alpha value is 2.13. The van der Waals surface area contributed by atoms with Gasteiger partial charge in [0.05, 0.1) is 11.8 Å². The van der Waals surface area contributed by atoms with E-state index in [1.807, 2.05) is 0 Å². The molecule has 33 heavy (non-hydrogen) atoms. The van der Waals surface area contributed by atoms with Crippen molar-refractivity contribution >= 4 is 63.4 Å². The first-order chi connectivity index (χ1) is 14.6. The summed E-state index contributed by atoms with van der Waals surface area (Å²) < 4.78 is 8.95. The minimum absolute atomic E-state index is 0. The molecule has 0 saturated carbocycles. The van der Waals surface area contributed by atoms with Gasteiger partial charge in [0.15, 0.2) is 8.32 Å². The molecular weight excluding hydrogens is 508 g/mol. The molecule has 0 spiro atoms. The molecule has 0 bridgehead atoms. The molecule has 0 unspecified atom stereocenters. The Labute approximate surface area is 238 Å². The average Bonchev–Trinajstić information content (AvgIpc) is 2.67. The van der Waals surface area contributed by atoms with Gasteiger partial charge in [-0.2, -0.15) is 0 Å². The van der Waals surface area contributed by atoms with E-state index in [-0.39, 0.29) is 30.0 Å². The second-order valence-corrected chi connectivity index (χ2v) is 29.1. The number of hydrogen-bond donors (Lipinski definition) is 0. The zero-order valence-electron chi connectivity index (χ0n) is 23.4. The van der Waals surface area contributed by atoms with E-state index in [2.05, 4.69) is 127 Å². The molecule has 2 saturated heterocycles. The largest absolute Gasteiger partial charge is 1.00 e. The van der Waals surface area contributed by atoms with Gasteiger partial charge in [-0.1, -0.05) is 66.8 Å². The van der Waals surface area contributed by atoms with E-state index in [0.717, 1.165) is 6.42 Å². The van der Waals surface area contributed by atoms with Crippen molar-refractivity contribution in [3.63, 3.8) is 0 Å². The van der Waals surface area contributed by atoms with Gasteiger partial charge in [-0.15, -0.1) is 29.9 Å². The topological polar surface area (TPSA) is 9.23 Å². The third-order valence-electron chi connectivity index (χ3n) is 7.96. The molecule has 1 nitrogen and oxygen atoms in total. The Morgan fingerprint density at radius 2 is 1.39 bits per heavy atom. The maximum absolute atomic E-state index is 6.98. The number of hydrogen-bond acceptors (Lipinski definition) is 5. The van der Waals surface area contributed by atoms with Crippen molar-refractivity contribution < 1.29 is 23.3 Å². The SMILES string of the molecule is CC(C)(C)[Si](C)(C)O[C@@H](/C=C/CC1([Si](C)(C)C(C)(C)C)SCCCS1)C[C-]1SCCCS1.[Li+]. The Balaban J connectivity index is 0.00000544. The van der Waals surface area contributed by atoms with E-state index < -0.39 is 16.4 Å². The summed E-state index contributed by atoms with van der Waals surface area (Å²) in [6, 6.07) is 0. The van der Waals surface area contributed by atoms with Gasteiger partial charge in [-0.25, -0.2) is 4.58 Å². The summed E-state index contributed by atoms with van der Waals surface area (Å²) in [5, 5.41) is 0.647. The smallest absolute Gasteiger partial charge is 0.413 e. The van der Waals surface area contributed by atoms with Gasteiger partial charge < -0.3 is 27.9 Å². The van der Waals surface area contributed by atoms with E-state index >= 15 is 0 Å². The standard InChI is InChI=1S/C25H49OS4Si2.Li/c1-23(2,3)31(7,8)25(29-18-13-19-30-25)15-11-14-21(20-22-27-16-12-17-28-22)26-32(9,10)24(4,5)6;/h11,14,21H,12-13,15-20H2,1-10H3;/q-1;+1/b14-11+;/t21-;/m0./s1. The molecule has 2 rings (SSSR count). The molecule has 0 aromatic carbocycles. The third kappa shape index (κ3) is 8.84. The third-order valence-corrected chi connectivity index (χ3v) is 27.9. The summed E-state index contributed by atoms with van der Waals surface area (Å²) in [7, 11) is -3.33. The first-order valence-corrected chi connectivity index (χ1v) is 22.2. The second kappa shape index (κ2) is 13.3. The molecule has 0 radical (unpaired) electrons. The molecule has 1 atom stereocenters. The van der Waals surface area contributed by atoms with Gasteiger partial charge in [0.25, 0.3) is 0 Å². The zero-order chi connectivity index (χ0) is 24.3. The molecule has 2 heterocycles. The predicted molar refractivity (Wildman–Crippen MR) is 163 cm³/mol. The van der Waals surface area contributed by atoms with Crippen LogP contribution in [0.25, 0.3) is 0 Å². The monoisotopic (exact) mass is 556 g/mol. The summed E-state index contributed by atoms with van der Waals surface area (Å²) in [5.41, 5.74) is 0. The molecule has 2 aliphatic heterocycles. The van der Waals surface area contributed by atoms with Gasteiger partial charge >= 0.3 is 18.9 Å². The van der Waals surface area contributed by atoms with Crippen LogP contribution < -0.4 is 18.9 Å². The minimum Gasteiger partial charge on any atom is -0.413 e. The van der Waals surface area contributed by atoms with Crippen molar-refractivity contribution in [2.24, 2.45) is 0 Å². The zero-order valence-corrected chi connectivity index (χ0v) is 28.7. The molecule has 0 amide bonds. The van der Waals surface area contributed by atoms with Crippen molar-refractivity contribution in [3.8, 4) is 0 Å². The predicted octanol–water partition coefficient (Wildman–Crippen LogP) is 6.69. The molecule has 2 fully saturated rings. The Kier molecular flexibility index (Phi) is 13.3. The van der Waals surface area contributed by atoms with Crippen LogP contribution in [0.1, 0.15) is 67.2 Å². The fraction of sp³-hybridized carbons (Fsp3) is 0.880. The quantitative estimate of drug-likeness (QED) is 0.186. The van der Waals surface area contributed by atoms with Crippen LogP contribution in [0.4, 0.5) is 0 Å². The molecule has 0 aliphatic carbocycles. The molecule has 8 heteroatoms. The van der Waals surface area contributed by atoms with Crippen molar-refractivity contribution in [2.45, 2.75) is 113 Å². The molecule has 0 aromatic rings. The van der Waals surface area contributed by atoms with E-state index in [1.165, 1.54) is 42.3 Å². The summed E-state index contributed by atoms with van der Waals surface area (Å²) in [6.45, 7) is 24.6. The molecular formula is C25H49LiOS4Si2. The van der Waals surface area contributed by atoms with E-state index in [0.29, 0.717) is 8.74 Å². The van der Waals surface area contributed by atoms with Crippen LogP contribution in [-0.4, -0.2) is 49.2 Å². The van der Waals surface area contributed by atoms with Crippen LogP contribution >= 0.6 is 47.0 Å². The fourth-order valence-electron chi connectivity index (χ4n) is 3.71. The number of thioether (sulfide) groups is 4. The van der Waals surface area contributed by atoms with Gasteiger partial charge in [-0.05, 0) is 65.4 Å². The van der Waals surface area contributed by atoms with Crippen molar-refractivity contribution in [2.75, 3.05) is 23.0 Å². The normalized spacial score (nSPS) is 22.2. The van der Waals surface area contributed by atoms with Crippen molar-refractivity contribution in [3.05, 3.63) is 16.7 Å². The first kappa shape index (κ1) is 33.2. The van der Waals surface area contributed by atoms with Crippen molar-refractivity contribution in [1.82, 2.24) is 0 Å². The van der Waals surface area contributed by atoms with Crippen LogP contribution in [0.15, 0.2) is 12.2 Å². The van der Waals surface area contributed by atoms with Gasteiger partial charge in [0, 0.05) is 6.10 Å². The van der Waals surface area contributed by atoms with Crippen LogP contribution in [0.5, 0.6) is 0 Å². The maximum Gasteiger partial charge on any atom is 1.00 e. The number of allylic oxidation sites excluding steroid dienone is 1.